The molecule has 1 aliphatic heterocycles. The van der Waals surface area contributed by atoms with E-state index >= 15 is 0 Å². The number of hydrogen-bond acceptors (Lipinski definition) is 7. The second-order valence-electron chi connectivity index (χ2n) is 9.35. The number of carbonyl (C=O) groups excluding carboxylic acids is 1. The minimum Gasteiger partial charge on any atom is -0.391 e. The van der Waals surface area contributed by atoms with Crippen LogP contribution in [0.1, 0.15) is 39.5 Å². The van der Waals surface area contributed by atoms with Gasteiger partial charge in [-0.3, -0.25) is 14.9 Å². The van der Waals surface area contributed by atoms with Crippen molar-refractivity contribution in [2.24, 2.45) is 16.1 Å². The van der Waals surface area contributed by atoms with Gasteiger partial charge in [-0.2, -0.15) is 5.11 Å². The Morgan fingerprint density at radius 2 is 1.97 bits per heavy atom. The summed E-state index contributed by atoms with van der Waals surface area (Å²) in [7, 11) is 1.97. The summed E-state index contributed by atoms with van der Waals surface area (Å²) in [5.74, 6) is 0.599. The molecule has 0 aliphatic carbocycles. The molecule has 1 fully saturated rings. The van der Waals surface area contributed by atoms with Crippen LogP contribution in [-0.4, -0.2) is 53.1 Å². The zero-order chi connectivity index (χ0) is 25.5. The van der Waals surface area contributed by atoms with E-state index in [-0.39, 0.29) is 22.7 Å². The molecule has 10 heteroatoms. The van der Waals surface area contributed by atoms with Gasteiger partial charge < -0.3 is 14.9 Å². The Bertz CT molecular complexity index is 1060. The lowest BCUT2D eigenvalue weighted by molar-refractivity contribution is -0.384. The van der Waals surface area contributed by atoms with Crippen molar-refractivity contribution in [1.29, 1.82) is 0 Å². The highest BCUT2D eigenvalue weighted by Gasteiger charge is 2.34. The standard InChI is InChI=1S/C25H32ClN5O4/c1-17(2)13-21-14-22(32)16-30(21)25(33)5-4-12-29(3)19-8-6-18(7-9-19)27-28-24-11-10-20(31(34)35)15-23(24)26/h6-11,15,17,21-22,32H,4-5,12-14,16H2,1-3H3. The van der Waals surface area contributed by atoms with E-state index in [1.54, 1.807) is 0 Å². The third kappa shape index (κ3) is 7.47. The summed E-state index contributed by atoms with van der Waals surface area (Å²) in [6, 6.07) is 11.7. The van der Waals surface area contributed by atoms with Crippen molar-refractivity contribution < 1.29 is 14.8 Å². The molecule has 2 unspecified atom stereocenters. The number of non-ortho nitro benzene ring substituents is 1. The number of carbonyl (C=O) groups is 1. The molecule has 35 heavy (non-hydrogen) atoms. The molecule has 1 N–H and O–H groups in total. The highest BCUT2D eigenvalue weighted by atomic mass is 35.5. The van der Waals surface area contributed by atoms with Crippen LogP contribution in [0.2, 0.25) is 5.02 Å². The quantitative estimate of drug-likeness (QED) is 0.248. The van der Waals surface area contributed by atoms with E-state index in [1.807, 2.05) is 36.2 Å². The average Bonchev–Trinajstić information content (AvgIpc) is 3.17. The molecule has 3 rings (SSSR count). The number of nitro benzene ring substituents is 1. The van der Waals surface area contributed by atoms with Crippen LogP contribution < -0.4 is 4.90 Å². The summed E-state index contributed by atoms with van der Waals surface area (Å²) in [4.78, 5) is 27.0. The van der Waals surface area contributed by atoms with Gasteiger partial charge in [-0.15, -0.1) is 5.11 Å². The fourth-order valence-electron chi connectivity index (χ4n) is 4.28. The number of aliphatic hydroxyl groups excluding tert-OH is 1. The molecule has 0 aromatic heterocycles. The summed E-state index contributed by atoms with van der Waals surface area (Å²) in [5, 5.41) is 29.2. The number of nitrogens with zero attached hydrogens (tertiary/aromatic N) is 5. The van der Waals surface area contributed by atoms with Crippen molar-refractivity contribution in [3.8, 4) is 0 Å². The molecule has 0 spiro atoms. The van der Waals surface area contributed by atoms with Gasteiger partial charge in [-0.1, -0.05) is 25.4 Å². The summed E-state index contributed by atoms with van der Waals surface area (Å²) in [6.07, 6.45) is 2.34. The first-order chi connectivity index (χ1) is 16.6. The van der Waals surface area contributed by atoms with Gasteiger partial charge in [0.15, 0.2) is 0 Å². The van der Waals surface area contributed by atoms with Crippen molar-refractivity contribution >= 4 is 40.3 Å². The Labute approximate surface area is 210 Å². The Balaban J connectivity index is 1.50. The molecule has 0 saturated carbocycles. The van der Waals surface area contributed by atoms with Gasteiger partial charge in [0.25, 0.3) is 5.69 Å². The molecule has 2 atom stereocenters. The number of amides is 1. The van der Waals surface area contributed by atoms with Crippen LogP contribution >= 0.6 is 11.6 Å². The van der Waals surface area contributed by atoms with E-state index < -0.39 is 11.0 Å². The number of β-amino-alcohol motifs (C(OH)–C–C–N with tert-alkyl or cyclic N) is 1. The van der Waals surface area contributed by atoms with Crippen LogP contribution in [0.4, 0.5) is 22.7 Å². The third-order valence-corrected chi connectivity index (χ3v) is 6.35. The largest absolute Gasteiger partial charge is 0.391 e. The number of halogens is 1. The van der Waals surface area contributed by atoms with Gasteiger partial charge in [-0.05, 0) is 55.5 Å². The lowest BCUT2D eigenvalue weighted by Gasteiger charge is -2.26. The maximum absolute atomic E-state index is 12.7. The number of anilines is 1. The predicted octanol–water partition coefficient (Wildman–Crippen LogP) is 5.89. The fourth-order valence-corrected chi connectivity index (χ4v) is 4.49. The summed E-state index contributed by atoms with van der Waals surface area (Å²) in [5.41, 5.74) is 1.86. The highest BCUT2D eigenvalue weighted by Crippen LogP contribution is 2.31. The topological polar surface area (TPSA) is 112 Å². The summed E-state index contributed by atoms with van der Waals surface area (Å²) >= 11 is 6.05. The molecule has 1 aliphatic rings. The van der Waals surface area contributed by atoms with Crippen LogP contribution in [-0.2, 0) is 4.79 Å². The molecule has 0 radical (unpaired) electrons. The second-order valence-corrected chi connectivity index (χ2v) is 9.76. The van der Waals surface area contributed by atoms with Crippen LogP contribution in [0.15, 0.2) is 52.7 Å². The van der Waals surface area contributed by atoms with Gasteiger partial charge in [0.05, 0.1) is 21.7 Å². The van der Waals surface area contributed by atoms with Gasteiger partial charge >= 0.3 is 0 Å². The van der Waals surface area contributed by atoms with Crippen LogP contribution in [0, 0.1) is 16.0 Å². The highest BCUT2D eigenvalue weighted by molar-refractivity contribution is 6.33. The van der Waals surface area contributed by atoms with E-state index in [1.165, 1.54) is 18.2 Å². The zero-order valence-electron chi connectivity index (χ0n) is 20.3. The first-order valence-corrected chi connectivity index (χ1v) is 12.2. The smallest absolute Gasteiger partial charge is 0.271 e. The number of azo groups is 1. The fraction of sp³-hybridized carbons (Fsp3) is 0.480. The monoisotopic (exact) mass is 501 g/mol. The third-order valence-electron chi connectivity index (χ3n) is 6.05. The number of likely N-dealkylation sites (tertiary alicyclic amines) is 1. The van der Waals surface area contributed by atoms with Gasteiger partial charge in [0.2, 0.25) is 5.91 Å². The van der Waals surface area contributed by atoms with E-state index in [9.17, 15) is 20.0 Å². The number of aliphatic hydroxyl groups is 1. The number of benzene rings is 2. The maximum Gasteiger partial charge on any atom is 0.271 e. The molecule has 0 bridgehead atoms. The minimum atomic E-state index is -0.516. The van der Waals surface area contributed by atoms with Crippen LogP contribution in [0.25, 0.3) is 0 Å². The predicted molar refractivity (Wildman–Crippen MR) is 137 cm³/mol. The van der Waals surface area contributed by atoms with Crippen molar-refractivity contribution in [3.05, 3.63) is 57.6 Å². The molecule has 1 saturated heterocycles. The molecule has 188 valence electrons. The van der Waals surface area contributed by atoms with E-state index in [0.717, 1.165) is 25.1 Å². The lowest BCUT2D eigenvalue weighted by atomic mass is 10.0. The molecule has 9 nitrogen and oxygen atoms in total. The van der Waals surface area contributed by atoms with Gasteiger partial charge in [0.1, 0.15) is 5.69 Å². The lowest BCUT2D eigenvalue weighted by Crippen LogP contribution is -2.37. The summed E-state index contributed by atoms with van der Waals surface area (Å²) < 4.78 is 0. The second kappa shape index (κ2) is 12.1. The SMILES string of the molecule is CC(C)CC1CC(O)CN1C(=O)CCCN(C)c1ccc(N=Nc2ccc([N+](=O)[O-])cc2Cl)cc1. The first kappa shape index (κ1) is 26.6. The molecular formula is C25H32ClN5O4. The molecular weight excluding hydrogens is 470 g/mol. The Hall–Kier alpha value is -3.04. The normalized spacial score (nSPS) is 17.9. The van der Waals surface area contributed by atoms with E-state index in [2.05, 4.69) is 29.0 Å². The molecule has 2 aromatic rings. The van der Waals surface area contributed by atoms with E-state index in [0.29, 0.717) is 36.7 Å². The number of hydrogen-bond donors (Lipinski definition) is 1. The average molecular weight is 502 g/mol. The van der Waals surface area contributed by atoms with Gasteiger partial charge in [0, 0.05) is 50.4 Å². The Kier molecular flexibility index (Phi) is 9.17. The molecule has 2 aromatic carbocycles. The van der Waals surface area contributed by atoms with Crippen LogP contribution in [0.5, 0.6) is 0 Å². The molecule has 1 heterocycles. The maximum atomic E-state index is 12.7. The Morgan fingerprint density at radius 3 is 2.60 bits per heavy atom. The Morgan fingerprint density at radius 1 is 1.26 bits per heavy atom. The molecule has 1 amide bonds. The zero-order valence-corrected chi connectivity index (χ0v) is 21.1. The van der Waals surface area contributed by atoms with Crippen molar-refractivity contribution in [2.75, 3.05) is 25.0 Å². The number of rotatable bonds is 10. The van der Waals surface area contributed by atoms with Crippen molar-refractivity contribution in [3.63, 3.8) is 0 Å². The first-order valence-electron chi connectivity index (χ1n) is 11.8. The van der Waals surface area contributed by atoms with Crippen molar-refractivity contribution in [2.45, 2.75) is 51.7 Å². The van der Waals surface area contributed by atoms with Crippen LogP contribution in [0.3, 0.4) is 0 Å². The van der Waals surface area contributed by atoms with Crippen molar-refractivity contribution in [1.82, 2.24) is 4.90 Å². The minimum absolute atomic E-state index is 0.101. The van der Waals surface area contributed by atoms with E-state index in [4.69, 9.17) is 11.6 Å². The number of nitro groups is 1. The van der Waals surface area contributed by atoms with Gasteiger partial charge in [-0.25, -0.2) is 0 Å². The summed E-state index contributed by atoms with van der Waals surface area (Å²) in [6.45, 7) is 5.43.